The number of carbonyl (C=O) groups excluding carboxylic acids is 4. The third-order valence-corrected chi connectivity index (χ3v) is 17.9. The number of nitriles is 5. The maximum Gasteiger partial charge on any atom is 0.347 e. The number of halogens is 4. The van der Waals surface area contributed by atoms with Gasteiger partial charge in [-0.05, 0) is 183 Å². The van der Waals surface area contributed by atoms with Gasteiger partial charge in [0.25, 0.3) is 11.8 Å². The van der Waals surface area contributed by atoms with E-state index < -0.39 is 29.7 Å². The van der Waals surface area contributed by atoms with Crippen LogP contribution < -0.4 is 65.8 Å². The molecule has 42 heteroatoms. The van der Waals surface area contributed by atoms with E-state index in [0.717, 1.165) is 44.7 Å². The molecule has 4 atom stereocenters. The second kappa shape index (κ2) is 48.0. The number of aromatic carboxylic acids is 1. The number of fused-ring (bicyclic) bond motifs is 1. The fourth-order valence-electron chi connectivity index (χ4n) is 11.0. The quantitative estimate of drug-likeness (QED) is 0.0155. The van der Waals surface area contributed by atoms with Crippen molar-refractivity contribution < 1.29 is 43.4 Å². The van der Waals surface area contributed by atoms with Gasteiger partial charge in [0, 0.05) is 83.6 Å². The third-order valence-electron chi connectivity index (χ3n) is 17.1. The number of hydrogen-bond donors (Lipinski definition) is 12. The van der Waals surface area contributed by atoms with Crippen LogP contribution in [0.15, 0.2) is 177 Å². The van der Waals surface area contributed by atoms with Crippen LogP contribution in [0.25, 0.3) is 11.0 Å². The standard InChI is InChI=1S/C18H12N8O2.C18H21N7O.C14H11ClN4O2.C12H7ClN4O2.C7H6Cl2N2O2.C7H6N2.C6H14N2/c19-9-11-4-3-5-12(8-11)22-17-13(16(20)27)10-21-18(23-17)28-26-15-7-2-1-6-14(15)24-25-26;19-9-11-4-3-5-12(8-11)23-17-13(16(21)26)10-22-18(25-17)24-15-7-2-1-6-14(15)20;1-2-21-13(20)11-8-17-14(15)19-12(11)18-10-5-3-4-9(6-10)7-16;13-12-15-6-9(11(18)19)10(17-12)16-8-3-1-2-7(4-8)5-14;1-2-13-6(12)4-3-10-7(9)11-5(4)8;8-5-6-2-1-3-7(9)4-6;7-5-3-1-2-4-6(5)8/h1-8,10H,(H2,20,27)(H,21,22,23);3-5,8,10,14-15H,1-2,6-7,20H2,(H2,21,26)(H2,22,23,24,25);3-6,8H,2H2,1H3,(H,17,18,19);1-4,6H,(H,18,19)(H,15,16,17);3H,2H2,1H3;1-4H,9H2;5-6H,1-4,7-8H2/t;14-,15?;;;;;5-,6+/m.0...../s1. The smallest absolute Gasteiger partial charge is 0.347 e. The Labute approximate surface area is 728 Å². The molecule has 14 rings (SSSR count). The molecule has 6 aromatic heterocycles. The Hall–Kier alpha value is -15.4. The molecular weight excluding hydrogens is 1680 g/mol. The number of primary amides is 2. The number of nitrogens with zero attached hydrogens (tertiary/aromatic N) is 18. The molecule has 0 radical (unpaired) electrons. The second-order valence-corrected chi connectivity index (χ2v) is 27.2. The molecule has 632 valence electrons. The minimum Gasteiger partial charge on any atom is -0.477 e. The molecule has 38 nitrogen and oxygen atoms in total. The highest BCUT2D eigenvalue weighted by atomic mass is 35.5. The number of carbonyl (C=O) groups is 5. The first kappa shape index (κ1) is 94.0. The Morgan fingerprint density at radius 2 is 0.863 bits per heavy atom. The number of benzene rings is 6. The Morgan fingerprint density at radius 3 is 1.30 bits per heavy atom. The van der Waals surface area contributed by atoms with Crippen LogP contribution in [0.3, 0.4) is 0 Å². The number of hydrogen-bond acceptors (Lipinski definition) is 34. The molecule has 124 heavy (non-hydrogen) atoms. The first-order valence-electron chi connectivity index (χ1n) is 37.2. The fourth-order valence-corrected chi connectivity index (χ4v) is 11.7. The maximum atomic E-state index is 11.9. The van der Waals surface area contributed by atoms with Gasteiger partial charge in [-0.3, -0.25) is 9.59 Å². The van der Waals surface area contributed by atoms with Gasteiger partial charge in [-0.1, -0.05) is 84.6 Å². The summed E-state index contributed by atoms with van der Waals surface area (Å²) in [5, 5.41) is 75.9. The largest absolute Gasteiger partial charge is 0.477 e. The lowest BCUT2D eigenvalue weighted by Crippen LogP contribution is -2.43. The molecule has 0 spiro atoms. The number of nitrogens with one attached hydrogen (secondary N) is 5. The van der Waals surface area contributed by atoms with E-state index in [0.29, 0.717) is 73.2 Å². The van der Waals surface area contributed by atoms with Crippen LogP contribution in [-0.2, 0) is 9.47 Å². The molecule has 18 N–H and O–H groups in total. The van der Waals surface area contributed by atoms with Crippen LogP contribution in [0.4, 0.5) is 57.7 Å². The summed E-state index contributed by atoms with van der Waals surface area (Å²) in [4.78, 5) is 103. The van der Waals surface area contributed by atoms with Crippen molar-refractivity contribution in [3.8, 4) is 36.4 Å². The van der Waals surface area contributed by atoms with E-state index in [9.17, 15) is 24.0 Å². The Kier molecular flexibility index (Phi) is 36.4. The predicted molar refractivity (Wildman–Crippen MR) is 461 cm³/mol. The minimum atomic E-state index is -1.17. The maximum absolute atomic E-state index is 11.9. The molecule has 2 saturated carbocycles. The highest BCUT2D eigenvalue weighted by Gasteiger charge is 2.25. The predicted octanol–water partition coefficient (Wildman–Crippen LogP) is 12.3. The number of carboxylic acid groups (broad SMARTS) is 1. The number of nitrogens with two attached hydrogens (primary N) is 6. The molecule has 0 bridgehead atoms. The lowest BCUT2D eigenvalue weighted by molar-refractivity contribution is 0.0516. The SMILES string of the molecule is CCOC(=O)c1cnc(Cl)nc1Cl.CCOC(=O)c1cnc(Cl)nc1Nc1cccc(C#N)c1.N#Cc1cccc(N)c1.N#Cc1cccc(Nc2nc(Cl)ncc2C(=O)O)c1.N#Cc1cccc(Nc2nc(NC3CCCC[C@@H]3N)ncc2C(N)=O)c1.N#Cc1cccc(Nc2nc(On3nnc4ccccc43)ncc2C(N)=O)c1.N[C@@H]1CCCC[C@@H]1N. The van der Waals surface area contributed by atoms with Gasteiger partial charge in [0.2, 0.25) is 21.8 Å². The van der Waals surface area contributed by atoms with Crippen molar-refractivity contribution in [2.24, 2.45) is 28.7 Å². The van der Waals surface area contributed by atoms with E-state index in [1.54, 1.807) is 147 Å². The van der Waals surface area contributed by atoms with Gasteiger partial charge in [0.05, 0.1) is 71.4 Å². The van der Waals surface area contributed by atoms with Gasteiger partial charge in [0.1, 0.15) is 61.5 Å². The van der Waals surface area contributed by atoms with Crippen LogP contribution in [0, 0.1) is 56.7 Å². The number of nitrogen functional groups attached to an aromatic ring is 1. The molecule has 1 unspecified atom stereocenters. The fraction of sp³-hybridized carbons (Fsp3) is 0.195. The lowest BCUT2D eigenvalue weighted by atomic mass is 9.91. The zero-order valence-electron chi connectivity index (χ0n) is 65.9. The molecule has 2 aliphatic rings. The van der Waals surface area contributed by atoms with Crippen molar-refractivity contribution in [1.29, 1.82) is 26.3 Å². The molecular formula is C82H77Cl4N29O9. The monoisotopic (exact) mass is 1750 g/mol. The molecule has 6 heterocycles. The Bertz CT molecular complexity index is 5970. The van der Waals surface area contributed by atoms with E-state index in [1.165, 1.54) is 42.5 Å². The summed E-state index contributed by atoms with van der Waals surface area (Å²) in [7, 11) is 0. The molecule has 2 amide bonds. The molecule has 0 aliphatic heterocycles. The number of esters is 2. The van der Waals surface area contributed by atoms with Crippen molar-refractivity contribution in [3.63, 3.8) is 0 Å². The van der Waals surface area contributed by atoms with E-state index in [4.69, 9.17) is 127 Å². The van der Waals surface area contributed by atoms with Crippen LogP contribution >= 0.6 is 46.4 Å². The van der Waals surface area contributed by atoms with Gasteiger partial charge >= 0.3 is 23.9 Å². The third kappa shape index (κ3) is 29.2. The summed E-state index contributed by atoms with van der Waals surface area (Å²) in [6, 6.07) is 51.7. The second-order valence-electron chi connectivity index (χ2n) is 25.9. The highest BCUT2D eigenvalue weighted by molar-refractivity contribution is 6.34. The normalized spacial score (nSPS) is 13.7. The van der Waals surface area contributed by atoms with Gasteiger partial charge in [-0.25, -0.2) is 44.3 Å². The van der Waals surface area contributed by atoms with Gasteiger partial charge < -0.3 is 80.4 Å². The molecule has 2 aliphatic carbocycles. The van der Waals surface area contributed by atoms with Crippen molar-refractivity contribution >= 4 is 145 Å². The van der Waals surface area contributed by atoms with Crippen LogP contribution in [0.2, 0.25) is 21.0 Å². The molecule has 6 aromatic carbocycles. The summed E-state index contributed by atoms with van der Waals surface area (Å²) >= 11 is 22.5. The van der Waals surface area contributed by atoms with Crippen molar-refractivity contribution in [2.75, 3.05) is 45.5 Å². The van der Waals surface area contributed by atoms with Crippen molar-refractivity contribution in [1.82, 2.24) is 65.0 Å². The zero-order chi connectivity index (χ0) is 89.6. The number of anilines is 10. The topological polar surface area (TPSA) is 628 Å². The number of aromatic nitrogens is 13. The van der Waals surface area contributed by atoms with Crippen molar-refractivity contribution in [3.05, 3.63) is 253 Å². The average molecular weight is 1750 g/mol. The van der Waals surface area contributed by atoms with Gasteiger partial charge in [-0.15, -0.1) is 5.10 Å². The summed E-state index contributed by atoms with van der Waals surface area (Å²) in [5.74, 6) is -2.51. The number of rotatable bonds is 19. The first-order valence-corrected chi connectivity index (χ1v) is 38.7. The molecule has 2 fully saturated rings. The van der Waals surface area contributed by atoms with E-state index in [2.05, 4.69) is 92.8 Å². The number of ether oxygens (including phenoxy) is 2. The average Bonchev–Trinajstić information content (AvgIpc) is 1.61. The summed E-state index contributed by atoms with van der Waals surface area (Å²) in [6.07, 6.45) is 15.2. The number of para-hydroxylation sites is 1. The number of amides is 2. The molecule has 0 saturated heterocycles. The Morgan fingerprint density at radius 1 is 0.468 bits per heavy atom. The summed E-state index contributed by atoms with van der Waals surface area (Å²) < 4.78 is 9.64. The van der Waals surface area contributed by atoms with Crippen LogP contribution in [0.5, 0.6) is 6.01 Å². The van der Waals surface area contributed by atoms with Gasteiger partial charge in [-0.2, -0.15) is 46.2 Å². The first-order chi connectivity index (χ1) is 59.7. The van der Waals surface area contributed by atoms with Crippen molar-refractivity contribution in [2.45, 2.75) is 89.4 Å². The summed E-state index contributed by atoms with van der Waals surface area (Å²) in [5.41, 5.74) is 40.8. The van der Waals surface area contributed by atoms with E-state index in [-0.39, 0.29) is 115 Å². The molecule has 12 aromatic rings. The lowest BCUT2D eigenvalue weighted by Gasteiger charge is -2.29. The van der Waals surface area contributed by atoms with E-state index >= 15 is 0 Å². The number of carboxylic acids is 1. The van der Waals surface area contributed by atoms with E-state index in [1.807, 2.05) is 36.4 Å². The Balaban J connectivity index is 0.000000186. The van der Waals surface area contributed by atoms with Gasteiger partial charge in [0.15, 0.2) is 5.82 Å². The zero-order valence-corrected chi connectivity index (χ0v) is 68.9. The highest BCUT2D eigenvalue weighted by Crippen LogP contribution is 2.28. The minimum absolute atomic E-state index is 0.00144. The van der Waals surface area contributed by atoms with Crippen LogP contribution in [0.1, 0.15) is 145 Å². The summed E-state index contributed by atoms with van der Waals surface area (Å²) in [6.45, 7) is 3.92. The van der Waals surface area contributed by atoms with Crippen LogP contribution in [-0.4, -0.2) is 137 Å².